The fourth-order valence-corrected chi connectivity index (χ4v) is 3.90. The van der Waals surface area contributed by atoms with Gasteiger partial charge in [0.15, 0.2) is 14.6 Å². The molecule has 96 valence electrons. The van der Waals surface area contributed by atoms with Crippen molar-refractivity contribution in [3.8, 4) is 0 Å². The summed E-state index contributed by atoms with van der Waals surface area (Å²) in [5.74, 6) is -4.08. The molecule has 0 aromatic carbocycles. The average molecular weight is 262 g/mol. The summed E-state index contributed by atoms with van der Waals surface area (Å²) in [6.45, 7) is 4.79. The Labute approximate surface area is 98.9 Å². The van der Waals surface area contributed by atoms with Gasteiger partial charge in [-0.15, -0.1) is 0 Å². The number of sulfone groups is 1. The molecule has 1 saturated carbocycles. The van der Waals surface area contributed by atoms with Crippen molar-refractivity contribution in [2.45, 2.75) is 24.5 Å². The molecule has 1 fully saturated rings. The van der Waals surface area contributed by atoms with Gasteiger partial charge in [-0.25, -0.2) is 8.42 Å². The smallest absolute Gasteiger partial charge is 0.329 e. The molecule has 0 bridgehead atoms. The molecule has 0 aliphatic heterocycles. The molecule has 0 unspecified atom stereocenters. The molecule has 7 heteroatoms. The molecule has 0 spiro atoms. The van der Waals surface area contributed by atoms with E-state index >= 15 is 0 Å². The van der Waals surface area contributed by atoms with Gasteiger partial charge in [-0.2, -0.15) is 0 Å². The molecule has 0 aromatic rings. The second kappa shape index (κ2) is 4.14. The number of carboxylic acids is 2. The summed E-state index contributed by atoms with van der Waals surface area (Å²) in [4.78, 5) is 22.1. The van der Waals surface area contributed by atoms with Gasteiger partial charge < -0.3 is 10.2 Å². The number of hydrogen-bond acceptors (Lipinski definition) is 4. The van der Waals surface area contributed by atoms with Crippen molar-refractivity contribution in [2.24, 2.45) is 5.92 Å². The Bertz CT molecular complexity index is 477. The van der Waals surface area contributed by atoms with Crippen LogP contribution < -0.4 is 0 Å². The highest BCUT2D eigenvalue weighted by molar-refractivity contribution is 7.93. The molecule has 1 aliphatic carbocycles. The molecule has 17 heavy (non-hydrogen) atoms. The summed E-state index contributed by atoms with van der Waals surface area (Å²) in [6, 6.07) is 0. The van der Waals surface area contributed by atoms with Crippen LogP contribution in [-0.2, 0) is 19.4 Å². The topological polar surface area (TPSA) is 109 Å². The molecule has 6 nitrogen and oxygen atoms in total. The highest BCUT2D eigenvalue weighted by atomic mass is 32.2. The lowest BCUT2D eigenvalue weighted by Gasteiger charge is -2.24. The van der Waals surface area contributed by atoms with Crippen LogP contribution in [0, 0.1) is 5.92 Å². The summed E-state index contributed by atoms with van der Waals surface area (Å²) < 4.78 is 21.7. The maximum absolute atomic E-state index is 11.9. The standard InChI is InChI=1S/C10H14O6S/c1-3-17(15,16)10(9(13)14)5-7(8(11)12)4-6(10)2/h7H,2-5H2,1H3,(H,11,12)(H,13,14)/t7-,10-/m0/s1. The lowest BCUT2D eigenvalue weighted by Crippen LogP contribution is -2.46. The van der Waals surface area contributed by atoms with Crippen molar-refractivity contribution < 1.29 is 28.2 Å². The summed E-state index contributed by atoms with van der Waals surface area (Å²) in [6.07, 6.45) is -0.548. The van der Waals surface area contributed by atoms with Crippen molar-refractivity contribution in [1.82, 2.24) is 0 Å². The van der Waals surface area contributed by atoms with Crippen LogP contribution in [0.5, 0.6) is 0 Å². The Morgan fingerprint density at radius 2 is 2.00 bits per heavy atom. The number of carbonyl (C=O) groups is 2. The van der Waals surface area contributed by atoms with E-state index in [1.807, 2.05) is 0 Å². The lowest BCUT2D eigenvalue weighted by atomic mass is 10.0. The van der Waals surface area contributed by atoms with Gasteiger partial charge in [0.1, 0.15) is 0 Å². The first kappa shape index (κ1) is 13.7. The fraction of sp³-hybridized carbons (Fsp3) is 0.600. The molecule has 1 aliphatic rings. The van der Waals surface area contributed by atoms with Crippen LogP contribution >= 0.6 is 0 Å². The van der Waals surface area contributed by atoms with Crippen LogP contribution in [0.25, 0.3) is 0 Å². The van der Waals surface area contributed by atoms with E-state index < -0.39 is 38.9 Å². The highest BCUT2D eigenvalue weighted by Gasteiger charge is 2.58. The van der Waals surface area contributed by atoms with Crippen LogP contribution in [0.15, 0.2) is 12.2 Å². The third-order valence-corrected chi connectivity index (χ3v) is 5.66. The summed E-state index contributed by atoms with van der Waals surface area (Å²) in [5, 5.41) is 18.0. The van der Waals surface area contributed by atoms with Crippen LogP contribution in [0.1, 0.15) is 19.8 Å². The Balaban J connectivity index is 3.35. The van der Waals surface area contributed by atoms with Crippen molar-refractivity contribution in [3.63, 3.8) is 0 Å². The molecular weight excluding hydrogens is 248 g/mol. The Morgan fingerprint density at radius 3 is 2.29 bits per heavy atom. The zero-order valence-electron chi connectivity index (χ0n) is 9.34. The van der Waals surface area contributed by atoms with E-state index in [1.54, 1.807) is 0 Å². The van der Waals surface area contributed by atoms with E-state index in [1.165, 1.54) is 6.92 Å². The predicted octanol–water partition coefficient (Wildman–Crippen LogP) is 0.295. The number of carboxylic acid groups (broad SMARTS) is 2. The van der Waals surface area contributed by atoms with E-state index in [4.69, 9.17) is 10.2 Å². The zero-order chi connectivity index (χ0) is 13.4. The first-order valence-corrected chi connectivity index (χ1v) is 6.71. The van der Waals surface area contributed by atoms with Gasteiger partial charge in [-0.1, -0.05) is 13.5 Å². The van der Waals surface area contributed by atoms with E-state index in [9.17, 15) is 18.0 Å². The molecular formula is C10H14O6S. The maximum atomic E-state index is 11.9. The van der Waals surface area contributed by atoms with Gasteiger partial charge in [0.2, 0.25) is 0 Å². The largest absolute Gasteiger partial charge is 0.481 e. The molecule has 1 rings (SSSR count). The highest BCUT2D eigenvalue weighted by Crippen LogP contribution is 2.44. The summed E-state index contributed by atoms with van der Waals surface area (Å²) >= 11 is 0. The number of aliphatic carboxylic acids is 2. The lowest BCUT2D eigenvalue weighted by molar-refractivity contribution is -0.142. The molecule has 0 saturated heterocycles. The van der Waals surface area contributed by atoms with Gasteiger partial charge in [-0.3, -0.25) is 9.59 Å². The fourth-order valence-electron chi connectivity index (χ4n) is 2.17. The Morgan fingerprint density at radius 1 is 1.47 bits per heavy atom. The molecule has 2 N–H and O–H groups in total. The number of hydrogen-bond donors (Lipinski definition) is 2. The van der Waals surface area contributed by atoms with Crippen molar-refractivity contribution in [3.05, 3.63) is 12.2 Å². The van der Waals surface area contributed by atoms with E-state index in [0.29, 0.717) is 0 Å². The van der Waals surface area contributed by atoms with Crippen molar-refractivity contribution >= 4 is 21.8 Å². The minimum absolute atomic E-state index is 0.0424. The normalized spacial score (nSPS) is 29.2. The van der Waals surface area contributed by atoms with Gasteiger partial charge in [0, 0.05) is 5.75 Å². The monoisotopic (exact) mass is 262 g/mol. The minimum Gasteiger partial charge on any atom is -0.481 e. The van der Waals surface area contributed by atoms with E-state index in [2.05, 4.69) is 6.58 Å². The summed E-state index contributed by atoms with van der Waals surface area (Å²) in [7, 11) is -3.94. The van der Waals surface area contributed by atoms with Gasteiger partial charge >= 0.3 is 11.9 Å². The number of rotatable bonds is 4. The van der Waals surface area contributed by atoms with Crippen molar-refractivity contribution in [2.75, 3.05) is 5.75 Å². The van der Waals surface area contributed by atoms with Crippen LogP contribution in [0.3, 0.4) is 0 Å². The van der Waals surface area contributed by atoms with Gasteiger partial charge in [-0.05, 0) is 18.4 Å². The quantitative estimate of drug-likeness (QED) is 0.705. The average Bonchev–Trinajstić information content (AvgIpc) is 2.57. The Hall–Kier alpha value is -1.37. The zero-order valence-corrected chi connectivity index (χ0v) is 10.2. The second-order valence-electron chi connectivity index (χ2n) is 4.08. The molecule has 0 radical (unpaired) electrons. The predicted molar refractivity (Wildman–Crippen MR) is 59.3 cm³/mol. The summed E-state index contributed by atoms with van der Waals surface area (Å²) in [5.41, 5.74) is -0.0424. The molecule has 2 atom stereocenters. The maximum Gasteiger partial charge on any atom is 0.329 e. The van der Waals surface area contributed by atoms with E-state index in [0.717, 1.165) is 0 Å². The SMILES string of the molecule is C=C1C[C@H](C(=O)O)C[C@]1(C(=O)O)S(=O)(=O)CC. The Kier molecular flexibility index (Phi) is 3.33. The third kappa shape index (κ3) is 1.84. The minimum atomic E-state index is -3.94. The van der Waals surface area contributed by atoms with E-state index in [-0.39, 0.29) is 17.7 Å². The van der Waals surface area contributed by atoms with Crippen LogP contribution in [0.2, 0.25) is 0 Å². The van der Waals surface area contributed by atoms with Crippen molar-refractivity contribution in [1.29, 1.82) is 0 Å². The first-order valence-electron chi connectivity index (χ1n) is 5.05. The van der Waals surface area contributed by atoms with Crippen LogP contribution in [0.4, 0.5) is 0 Å². The van der Waals surface area contributed by atoms with Crippen LogP contribution in [-0.4, -0.2) is 41.1 Å². The third-order valence-electron chi connectivity index (χ3n) is 3.20. The molecule has 0 heterocycles. The second-order valence-corrected chi connectivity index (χ2v) is 6.59. The van der Waals surface area contributed by atoms with Gasteiger partial charge in [0.25, 0.3) is 0 Å². The van der Waals surface area contributed by atoms with Gasteiger partial charge in [0.05, 0.1) is 5.92 Å². The molecule has 0 amide bonds. The first-order chi connectivity index (χ1) is 7.69. The molecule has 0 aromatic heterocycles.